The van der Waals surface area contributed by atoms with E-state index in [1.54, 1.807) is 36.4 Å². The first-order valence-corrected chi connectivity index (χ1v) is 9.93. The predicted octanol–water partition coefficient (Wildman–Crippen LogP) is 3.55. The third-order valence-electron chi connectivity index (χ3n) is 4.33. The van der Waals surface area contributed by atoms with Crippen LogP contribution in [0, 0.1) is 0 Å². The van der Waals surface area contributed by atoms with Crippen LogP contribution in [0.2, 0.25) is 5.02 Å². The highest BCUT2D eigenvalue weighted by molar-refractivity contribution is 7.93. The van der Waals surface area contributed by atoms with Gasteiger partial charge in [-0.15, -0.1) is 0 Å². The van der Waals surface area contributed by atoms with Crippen LogP contribution >= 0.6 is 11.6 Å². The summed E-state index contributed by atoms with van der Waals surface area (Å²) in [6.07, 6.45) is 1.26. The minimum absolute atomic E-state index is 0.0588. The van der Waals surface area contributed by atoms with E-state index in [2.05, 4.69) is 0 Å². The number of hydrogen-bond donors (Lipinski definition) is 1. The molecule has 0 bridgehead atoms. The molecule has 5 nitrogen and oxygen atoms in total. The van der Waals surface area contributed by atoms with E-state index in [4.69, 9.17) is 11.6 Å². The van der Waals surface area contributed by atoms with Gasteiger partial charge in [0.15, 0.2) is 9.84 Å². The Morgan fingerprint density at radius 1 is 1.04 bits per heavy atom. The van der Waals surface area contributed by atoms with Crippen molar-refractivity contribution in [1.29, 1.82) is 0 Å². The van der Waals surface area contributed by atoms with Gasteiger partial charge in [0.1, 0.15) is 5.25 Å². The molecule has 2 aromatic carbocycles. The molecule has 7 heteroatoms. The third kappa shape index (κ3) is 3.42. The van der Waals surface area contributed by atoms with Gasteiger partial charge in [-0.1, -0.05) is 54.1 Å². The lowest BCUT2D eigenvalue weighted by atomic mass is 10.1. The summed E-state index contributed by atoms with van der Waals surface area (Å²) >= 11 is 6.24. The van der Waals surface area contributed by atoms with E-state index in [0.29, 0.717) is 29.0 Å². The number of amides is 1. The molecule has 1 fully saturated rings. The zero-order valence-electron chi connectivity index (χ0n) is 13.4. The van der Waals surface area contributed by atoms with Crippen molar-refractivity contribution in [3.63, 3.8) is 0 Å². The van der Waals surface area contributed by atoms with E-state index in [1.165, 1.54) is 6.07 Å². The van der Waals surface area contributed by atoms with E-state index >= 15 is 0 Å². The quantitative estimate of drug-likeness (QED) is 0.827. The van der Waals surface area contributed by atoms with Crippen molar-refractivity contribution in [3.05, 3.63) is 53.6 Å². The average molecular weight is 380 g/mol. The Bertz CT molecular complexity index is 883. The van der Waals surface area contributed by atoms with E-state index in [1.807, 2.05) is 6.07 Å². The van der Waals surface area contributed by atoms with Crippen molar-refractivity contribution in [1.82, 2.24) is 5.06 Å². The summed E-state index contributed by atoms with van der Waals surface area (Å²) in [5, 5.41) is 9.03. The number of carbonyl (C=O) groups is 1. The first-order chi connectivity index (χ1) is 11.9. The summed E-state index contributed by atoms with van der Waals surface area (Å²) in [7, 11) is -4.06. The molecule has 0 spiro atoms. The smallest absolute Gasteiger partial charge is 0.264 e. The Kier molecular flexibility index (Phi) is 5.13. The summed E-state index contributed by atoms with van der Waals surface area (Å²) in [6.45, 7) is 0.138. The van der Waals surface area contributed by atoms with Crippen LogP contribution in [0.5, 0.6) is 0 Å². The second-order valence-electron chi connectivity index (χ2n) is 5.97. The van der Waals surface area contributed by atoms with Gasteiger partial charge >= 0.3 is 0 Å². The molecule has 1 amide bonds. The van der Waals surface area contributed by atoms with Gasteiger partial charge in [0.2, 0.25) is 0 Å². The van der Waals surface area contributed by atoms with Gasteiger partial charge in [-0.3, -0.25) is 10.0 Å². The molecule has 1 aliphatic heterocycles. The topological polar surface area (TPSA) is 74.7 Å². The first-order valence-electron chi connectivity index (χ1n) is 8.01. The van der Waals surface area contributed by atoms with Crippen LogP contribution in [0.15, 0.2) is 53.4 Å². The zero-order chi connectivity index (χ0) is 18.0. The summed E-state index contributed by atoms with van der Waals surface area (Å²) < 4.78 is 26.5. The predicted molar refractivity (Wildman–Crippen MR) is 95.2 cm³/mol. The molecule has 0 aliphatic carbocycles. The van der Waals surface area contributed by atoms with Gasteiger partial charge in [-0.2, -0.15) is 0 Å². The lowest BCUT2D eigenvalue weighted by Crippen LogP contribution is -2.40. The number of carbonyl (C=O) groups excluding carboxylic acids is 1. The molecule has 1 heterocycles. The van der Waals surface area contributed by atoms with E-state index in [0.717, 1.165) is 0 Å². The number of hydrogen-bond acceptors (Lipinski definition) is 4. The van der Waals surface area contributed by atoms with Gasteiger partial charge in [-0.25, -0.2) is 13.5 Å². The Labute approximate surface area is 151 Å². The Balaban J connectivity index is 2.16. The van der Waals surface area contributed by atoms with E-state index < -0.39 is 21.0 Å². The van der Waals surface area contributed by atoms with E-state index in [-0.39, 0.29) is 22.9 Å². The van der Waals surface area contributed by atoms with Crippen molar-refractivity contribution in [2.45, 2.75) is 29.4 Å². The van der Waals surface area contributed by atoms with Crippen LogP contribution < -0.4 is 0 Å². The van der Waals surface area contributed by atoms with Crippen molar-refractivity contribution >= 4 is 27.3 Å². The Morgan fingerprint density at radius 2 is 1.76 bits per heavy atom. The molecule has 132 valence electrons. The highest BCUT2D eigenvalue weighted by Gasteiger charge is 2.40. The molecular formula is C18H18ClNO4S. The highest BCUT2D eigenvalue weighted by atomic mass is 35.5. The van der Waals surface area contributed by atoms with Crippen LogP contribution in [0.4, 0.5) is 0 Å². The monoisotopic (exact) mass is 379 g/mol. The number of halogens is 1. The molecule has 1 N–H and O–H groups in total. The van der Waals surface area contributed by atoms with Crippen LogP contribution in [0.3, 0.4) is 0 Å². The van der Waals surface area contributed by atoms with Gasteiger partial charge < -0.3 is 0 Å². The summed E-state index contributed by atoms with van der Waals surface area (Å²) in [4.78, 5) is 12.3. The van der Waals surface area contributed by atoms with Gasteiger partial charge in [-0.05, 0) is 30.9 Å². The van der Waals surface area contributed by atoms with Crippen LogP contribution in [0.25, 0.3) is 11.1 Å². The van der Waals surface area contributed by atoms with Crippen LogP contribution in [0.1, 0.15) is 19.3 Å². The molecule has 3 rings (SSSR count). The lowest BCUT2D eigenvalue weighted by molar-refractivity contribution is -0.163. The van der Waals surface area contributed by atoms with Crippen molar-refractivity contribution in [3.8, 4) is 11.1 Å². The maximum absolute atomic E-state index is 13.3. The number of sulfone groups is 1. The number of rotatable bonds is 3. The second kappa shape index (κ2) is 7.15. The molecule has 0 radical (unpaired) electrons. The summed E-state index contributed by atoms with van der Waals surface area (Å²) in [6, 6.07) is 13.9. The Hall–Kier alpha value is -1.89. The SMILES string of the molecule is O=C1C(S(=O)(=O)c2c(Cl)cccc2-c2ccccc2)CCCCN1O. The molecule has 1 saturated heterocycles. The number of hydroxylamine groups is 2. The summed E-state index contributed by atoms with van der Waals surface area (Å²) in [5.74, 6) is -0.795. The normalized spacial score (nSPS) is 18.9. The van der Waals surface area contributed by atoms with Gasteiger partial charge in [0.25, 0.3) is 5.91 Å². The van der Waals surface area contributed by atoms with Gasteiger partial charge in [0.05, 0.1) is 9.92 Å². The lowest BCUT2D eigenvalue weighted by Gasteiger charge is -2.21. The minimum atomic E-state index is -4.06. The molecule has 1 atom stereocenters. The van der Waals surface area contributed by atoms with Crippen molar-refractivity contribution < 1.29 is 18.4 Å². The maximum atomic E-state index is 13.3. The Morgan fingerprint density at radius 3 is 2.48 bits per heavy atom. The first kappa shape index (κ1) is 17.9. The minimum Gasteiger partial charge on any atom is -0.286 e. The van der Waals surface area contributed by atoms with Crippen LogP contribution in [-0.4, -0.2) is 36.4 Å². The van der Waals surface area contributed by atoms with Crippen molar-refractivity contribution in [2.75, 3.05) is 6.54 Å². The molecule has 1 aliphatic rings. The largest absolute Gasteiger partial charge is 0.286 e. The maximum Gasteiger partial charge on any atom is 0.264 e. The molecule has 2 aromatic rings. The zero-order valence-corrected chi connectivity index (χ0v) is 15.0. The van der Waals surface area contributed by atoms with Gasteiger partial charge in [0, 0.05) is 12.1 Å². The fourth-order valence-electron chi connectivity index (χ4n) is 3.06. The fourth-order valence-corrected chi connectivity index (χ4v) is 5.54. The fraction of sp³-hybridized carbons (Fsp3) is 0.278. The van der Waals surface area contributed by atoms with E-state index in [9.17, 15) is 18.4 Å². The van der Waals surface area contributed by atoms with Crippen LogP contribution in [-0.2, 0) is 14.6 Å². The molecular weight excluding hydrogens is 362 g/mol. The molecule has 0 aromatic heterocycles. The molecule has 25 heavy (non-hydrogen) atoms. The third-order valence-corrected chi connectivity index (χ3v) is 6.95. The standard InChI is InChI=1S/C18H18ClNO4S/c19-15-10-6-9-14(13-7-2-1-3-8-13)17(15)25(23,24)16-11-4-5-12-20(22)18(16)21/h1-3,6-10,16,22H,4-5,11-12H2. The summed E-state index contributed by atoms with van der Waals surface area (Å²) in [5.41, 5.74) is 1.15. The molecule has 0 saturated carbocycles. The molecule has 1 unspecified atom stereocenters. The van der Waals surface area contributed by atoms with Crippen molar-refractivity contribution in [2.24, 2.45) is 0 Å². The highest BCUT2D eigenvalue weighted by Crippen LogP contribution is 2.36. The number of benzene rings is 2. The number of nitrogens with zero attached hydrogens (tertiary/aromatic N) is 1. The second-order valence-corrected chi connectivity index (χ2v) is 8.45. The average Bonchev–Trinajstić information content (AvgIpc) is 2.77.